The molecule has 0 bridgehead atoms. The quantitative estimate of drug-likeness (QED) is 0.257. The van der Waals surface area contributed by atoms with Crippen molar-refractivity contribution < 1.29 is 0 Å². The minimum absolute atomic E-state index is 1.05. The third-order valence-electron chi connectivity index (χ3n) is 6.80. The largest absolute Gasteiger partial charge is 0.355 e. The number of para-hydroxylation sites is 1. The predicted molar refractivity (Wildman–Crippen MR) is 161 cm³/mol. The zero-order valence-electron chi connectivity index (χ0n) is 20.1. The van der Waals surface area contributed by atoms with E-state index in [1.165, 1.54) is 42.3 Å². The van der Waals surface area contributed by atoms with Crippen LogP contribution in [0.1, 0.15) is 0 Å². The highest BCUT2D eigenvalue weighted by atomic mass is 32.1. The first kappa shape index (κ1) is 21.7. The molecule has 2 nitrogen and oxygen atoms in total. The SMILES string of the molecule is c1ccc(Nc2cccc(N(c3cccc4ccccc34)c3cccc4c3sc3ccccc34)c2)cc1. The van der Waals surface area contributed by atoms with E-state index < -0.39 is 0 Å². The number of rotatable bonds is 5. The summed E-state index contributed by atoms with van der Waals surface area (Å²) >= 11 is 1.86. The van der Waals surface area contributed by atoms with Crippen LogP contribution in [0, 0.1) is 0 Å². The standard InChI is InChI=1S/C34H24N2S/c1-2-13-25(14-3-1)35-26-15-9-16-27(23-26)36(31-20-8-12-24-11-4-5-17-28(24)31)32-21-10-19-30-29-18-6-7-22-33(29)37-34(30)32/h1-23,35H. The molecule has 6 aromatic carbocycles. The number of fused-ring (bicyclic) bond motifs is 4. The van der Waals surface area contributed by atoms with Gasteiger partial charge in [-0.2, -0.15) is 0 Å². The molecule has 0 aliphatic heterocycles. The first-order valence-corrected chi connectivity index (χ1v) is 13.3. The Morgan fingerprint density at radius 2 is 1.14 bits per heavy atom. The van der Waals surface area contributed by atoms with E-state index in [4.69, 9.17) is 0 Å². The van der Waals surface area contributed by atoms with Gasteiger partial charge in [-0.15, -0.1) is 11.3 Å². The first-order chi connectivity index (χ1) is 18.3. The van der Waals surface area contributed by atoms with Gasteiger partial charge < -0.3 is 10.2 Å². The van der Waals surface area contributed by atoms with Crippen molar-refractivity contribution in [1.29, 1.82) is 0 Å². The van der Waals surface area contributed by atoms with E-state index in [-0.39, 0.29) is 0 Å². The molecule has 0 aliphatic carbocycles. The Balaban J connectivity index is 1.47. The van der Waals surface area contributed by atoms with Gasteiger partial charge in [0.1, 0.15) is 0 Å². The molecule has 0 spiro atoms. The zero-order chi connectivity index (χ0) is 24.6. The van der Waals surface area contributed by atoms with Gasteiger partial charge >= 0.3 is 0 Å². The summed E-state index contributed by atoms with van der Waals surface area (Å²) in [5.41, 5.74) is 5.59. The van der Waals surface area contributed by atoms with Crippen molar-refractivity contribution in [2.75, 3.05) is 10.2 Å². The minimum Gasteiger partial charge on any atom is -0.355 e. The van der Waals surface area contributed by atoms with Crippen molar-refractivity contribution in [3.05, 3.63) is 140 Å². The van der Waals surface area contributed by atoms with Crippen LogP contribution in [0.2, 0.25) is 0 Å². The van der Waals surface area contributed by atoms with Gasteiger partial charge in [0.25, 0.3) is 0 Å². The number of hydrogen-bond acceptors (Lipinski definition) is 3. The highest BCUT2D eigenvalue weighted by Gasteiger charge is 2.19. The summed E-state index contributed by atoms with van der Waals surface area (Å²) in [7, 11) is 0. The summed E-state index contributed by atoms with van der Waals surface area (Å²) in [4.78, 5) is 2.41. The van der Waals surface area contributed by atoms with E-state index in [9.17, 15) is 0 Å². The second-order valence-corrected chi connectivity index (χ2v) is 10.2. The topological polar surface area (TPSA) is 15.3 Å². The fourth-order valence-electron chi connectivity index (χ4n) is 5.13. The van der Waals surface area contributed by atoms with Gasteiger partial charge in [-0.25, -0.2) is 0 Å². The van der Waals surface area contributed by atoms with Crippen LogP contribution in [0.5, 0.6) is 0 Å². The second-order valence-electron chi connectivity index (χ2n) is 9.13. The molecular formula is C34H24N2S. The van der Waals surface area contributed by atoms with Gasteiger partial charge in [0.2, 0.25) is 0 Å². The Hall–Kier alpha value is -4.60. The predicted octanol–water partition coefficient (Wildman–Crippen LogP) is 10.4. The van der Waals surface area contributed by atoms with Gasteiger partial charge in [0.15, 0.2) is 0 Å². The molecule has 0 fully saturated rings. The lowest BCUT2D eigenvalue weighted by Crippen LogP contribution is -2.11. The van der Waals surface area contributed by atoms with E-state index in [0.29, 0.717) is 0 Å². The van der Waals surface area contributed by atoms with Crippen molar-refractivity contribution in [1.82, 2.24) is 0 Å². The first-order valence-electron chi connectivity index (χ1n) is 12.5. The van der Waals surface area contributed by atoms with Crippen LogP contribution < -0.4 is 10.2 Å². The molecule has 0 atom stereocenters. The van der Waals surface area contributed by atoms with Crippen molar-refractivity contribution in [3.63, 3.8) is 0 Å². The highest BCUT2D eigenvalue weighted by Crippen LogP contribution is 2.46. The Morgan fingerprint density at radius 1 is 0.486 bits per heavy atom. The van der Waals surface area contributed by atoms with Gasteiger partial charge in [0.05, 0.1) is 16.1 Å². The van der Waals surface area contributed by atoms with Crippen LogP contribution in [0.3, 0.4) is 0 Å². The molecule has 176 valence electrons. The van der Waals surface area contributed by atoms with Crippen molar-refractivity contribution >= 4 is 70.7 Å². The van der Waals surface area contributed by atoms with Crippen LogP contribution >= 0.6 is 11.3 Å². The molecule has 37 heavy (non-hydrogen) atoms. The average molecular weight is 493 g/mol. The molecule has 0 aliphatic rings. The normalized spacial score (nSPS) is 11.2. The van der Waals surface area contributed by atoms with E-state index in [0.717, 1.165) is 17.1 Å². The third kappa shape index (κ3) is 3.90. The van der Waals surface area contributed by atoms with Crippen molar-refractivity contribution in [2.45, 2.75) is 0 Å². The summed E-state index contributed by atoms with van der Waals surface area (Å²) in [6, 6.07) is 49.6. The van der Waals surface area contributed by atoms with Crippen LogP contribution in [-0.2, 0) is 0 Å². The summed E-state index contributed by atoms with van der Waals surface area (Å²) in [6.45, 7) is 0. The van der Waals surface area contributed by atoms with Crippen LogP contribution in [0.25, 0.3) is 30.9 Å². The minimum atomic E-state index is 1.05. The molecule has 7 rings (SSSR count). The lowest BCUT2D eigenvalue weighted by molar-refractivity contribution is 1.31. The molecule has 0 unspecified atom stereocenters. The number of nitrogens with zero attached hydrogens (tertiary/aromatic N) is 1. The van der Waals surface area contributed by atoms with Gasteiger partial charge in [-0.1, -0.05) is 91.0 Å². The Labute approximate surface area is 220 Å². The second kappa shape index (κ2) is 9.12. The summed E-state index contributed by atoms with van der Waals surface area (Å²) in [5, 5.41) is 8.63. The number of hydrogen-bond donors (Lipinski definition) is 1. The molecule has 1 aromatic heterocycles. The Kier molecular flexibility index (Phi) is 5.34. The van der Waals surface area contributed by atoms with Gasteiger partial charge in [-0.3, -0.25) is 0 Å². The molecule has 0 saturated carbocycles. The van der Waals surface area contributed by atoms with Crippen molar-refractivity contribution in [3.8, 4) is 0 Å². The summed E-state index contributed by atoms with van der Waals surface area (Å²) in [5.74, 6) is 0. The fourth-order valence-corrected chi connectivity index (χ4v) is 6.34. The molecule has 0 radical (unpaired) electrons. The van der Waals surface area contributed by atoms with E-state index in [2.05, 4.69) is 144 Å². The maximum absolute atomic E-state index is 3.57. The van der Waals surface area contributed by atoms with Gasteiger partial charge in [-0.05, 0) is 53.9 Å². The molecule has 1 N–H and O–H groups in total. The number of thiophene rings is 1. The third-order valence-corrected chi connectivity index (χ3v) is 8.01. The highest BCUT2D eigenvalue weighted by molar-refractivity contribution is 7.26. The molecule has 7 aromatic rings. The molecule has 0 amide bonds. The molecule has 0 saturated heterocycles. The monoisotopic (exact) mass is 492 g/mol. The maximum atomic E-state index is 3.57. The lowest BCUT2D eigenvalue weighted by Gasteiger charge is -2.28. The summed E-state index contributed by atoms with van der Waals surface area (Å²) in [6.07, 6.45) is 0. The van der Waals surface area contributed by atoms with Crippen LogP contribution in [-0.4, -0.2) is 0 Å². The fraction of sp³-hybridized carbons (Fsp3) is 0. The number of anilines is 5. The lowest BCUT2D eigenvalue weighted by atomic mass is 10.1. The smallest absolute Gasteiger partial charge is 0.0640 e. The number of nitrogens with one attached hydrogen (secondary N) is 1. The molecular weight excluding hydrogens is 468 g/mol. The van der Waals surface area contributed by atoms with Crippen LogP contribution in [0.4, 0.5) is 28.4 Å². The summed E-state index contributed by atoms with van der Waals surface area (Å²) < 4.78 is 2.60. The zero-order valence-corrected chi connectivity index (χ0v) is 21.0. The van der Waals surface area contributed by atoms with E-state index in [1.54, 1.807) is 0 Å². The Bertz CT molecular complexity index is 1870. The maximum Gasteiger partial charge on any atom is 0.0640 e. The van der Waals surface area contributed by atoms with Gasteiger partial charge in [0, 0.05) is 37.9 Å². The van der Waals surface area contributed by atoms with Crippen molar-refractivity contribution in [2.24, 2.45) is 0 Å². The van der Waals surface area contributed by atoms with E-state index in [1.807, 2.05) is 17.4 Å². The van der Waals surface area contributed by atoms with Crippen LogP contribution in [0.15, 0.2) is 140 Å². The molecule has 1 heterocycles. The molecule has 3 heteroatoms. The Morgan fingerprint density at radius 3 is 2.05 bits per heavy atom. The average Bonchev–Trinajstić information content (AvgIpc) is 3.34. The number of benzene rings is 6. The van der Waals surface area contributed by atoms with E-state index >= 15 is 0 Å².